The molecule has 0 aliphatic rings. The van der Waals surface area contributed by atoms with Crippen LogP contribution < -0.4 is 5.32 Å². The van der Waals surface area contributed by atoms with E-state index in [-0.39, 0.29) is 0 Å². The lowest BCUT2D eigenvalue weighted by Crippen LogP contribution is -2.15. The number of aryl methyl sites for hydroxylation is 1. The van der Waals surface area contributed by atoms with E-state index in [0.717, 1.165) is 18.7 Å². The molecular weight excluding hydrogens is 160 g/mol. The lowest BCUT2D eigenvalue weighted by molar-refractivity contribution is 0.737. The van der Waals surface area contributed by atoms with Crippen LogP contribution in [0.4, 0.5) is 0 Å². The van der Waals surface area contributed by atoms with E-state index >= 15 is 0 Å². The molecule has 0 saturated carbocycles. The standard InChI is InChI=1S/C11H16N2/c1-9(2)5-12-7-11-4-10(3)6-13-8-11/h4,6,8,12H,1,5,7H2,2-3H3. The van der Waals surface area contributed by atoms with E-state index in [0.29, 0.717) is 0 Å². The van der Waals surface area contributed by atoms with E-state index in [1.54, 1.807) is 0 Å². The fourth-order valence-corrected chi connectivity index (χ4v) is 1.13. The zero-order valence-electron chi connectivity index (χ0n) is 8.30. The molecule has 1 aromatic heterocycles. The maximum atomic E-state index is 4.12. The van der Waals surface area contributed by atoms with Gasteiger partial charge in [0.2, 0.25) is 0 Å². The highest BCUT2D eigenvalue weighted by Gasteiger charge is 1.93. The maximum Gasteiger partial charge on any atom is 0.0313 e. The molecule has 1 heterocycles. The summed E-state index contributed by atoms with van der Waals surface area (Å²) in [5, 5.41) is 3.29. The van der Waals surface area contributed by atoms with Crippen LogP contribution in [0.2, 0.25) is 0 Å². The maximum absolute atomic E-state index is 4.12. The van der Waals surface area contributed by atoms with Crippen LogP contribution in [-0.2, 0) is 6.54 Å². The Morgan fingerprint density at radius 2 is 2.31 bits per heavy atom. The van der Waals surface area contributed by atoms with Crippen LogP contribution in [-0.4, -0.2) is 11.5 Å². The highest BCUT2D eigenvalue weighted by atomic mass is 14.8. The molecule has 70 valence electrons. The van der Waals surface area contributed by atoms with Gasteiger partial charge in [0.05, 0.1) is 0 Å². The van der Waals surface area contributed by atoms with Crippen molar-refractivity contribution in [2.75, 3.05) is 6.54 Å². The van der Waals surface area contributed by atoms with Gasteiger partial charge in [0.1, 0.15) is 0 Å². The van der Waals surface area contributed by atoms with E-state index in [1.807, 2.05) is 19.3 Å². The first-order chi connectivity index (χ1) is 6.18. The summed E-state index contributed by atoms with van der Waals surface area (Å²) in [6, 6.07) is 2.14. The smallest absolute Gasteiger partial charge is 0.0313 e. The predicted octanol–water partition coefficient (Wildman–Crippen LogP) is 2.06. The molecule has 0 unspecified atom stereocenters. The number of pyridine rings is 1. The number of rotatable bonds is 4. The van der Waals surface area contributed by atoms with E-state index in [2.05, 4.69) is 29.9 Å². The minimum absolute atomic E-state index is 0.863. The molecule has 0 bridgehead atoms. The van der Waals surface area contributed by atoms with Gasteiger partial charge in [-0.15, -0.1) is 0 Å². The molecule has 0 amide bonds. The third-order valence-corrected chi connectivity index (χ3v) is 1.69. The molecule has 1 N–H and O–H groups in total. The second-order valence-electron chi connectivity index (χ2n) is 3.43. The van der Waals surface area contributed by atoms with Gasteiger partial charge in [-0.25, -0.2) is 0 Å². The number of nitrogens with one attached hydrogen (secondary N) is 1. The van der Waals surface area contributed by atoms with E-state index in [9.17, 15) is 0 Å². The monoisotopic (exact) mass is 176 g/mol. The fraction of sp³-hybridized carbons (Fsp3) is 0.364. The fourth-order valence-electron chi connectivity index (χ4n) is 1.13. The van der Waals surface area contributed by atoms with Crippen molar-refractivity contribution in [3.8, 4) is 0 Å². The van der Waals surface area contributed by atoms with Crippen LogP contribution >= 0.6 is 0 Å². The summed E-state index contributed by atoms with van der Waals surface area (Å²) in [6.45, 7) is 9.62. The SMILES string of the molecule is C=C(C)CNCc1cncc(C)c1. The topological polar surface area (TPSA) is 24.9 Å². The number of aromatic nitrogens is 1. The van der Waals surface area contributed by atoms with Crippen molar-refractivity contribution in [1.82, 2.24) is 10.3 Å². The molecule has 0 aliphatic heterocycles. The largest absolute Gasteiger partial charge is 0.309 e. The van der Waals surface area contributed by atoms with Crippen molar-refractivity contribution >= 4 is 0 Å². The van der Waals surface area contributed by atoms with Gasteiger partial charge < -0.3 is 5.32 Å². The summed E-state index contributed by atoms with van der Waals surface area (Å²) < 4.78 is 0. The van der Waals surface area contributed by atoms with E-state index < -0.39 is 0 Å². The minimum atomic E-state index is 0.863. The van der Waals surface area contributed by atoms with Gasteiger partial charge in [-0.1, -0.05) is 18.2 Å². The predicted molar refractivity (Wildman–Crippen MR) is 55.5 cm³/mol. The van der Waals surface area contributed by atoms with Crippen LogP contribution in [0, 0.1) is 6.92 Å². The molecule has 0 aromatic carbocycles. The van der Waals surface area contributed by atoms with Crippen molar-refractivity contribution in [2.45, 2.75) is 20.4 Å². The molecule has 1 rings (SSSR count). The van der Waals surface area contributed by atoms with E-state index in [1.165, 1.54) is 11.1 Å². The highest BCUT2D eigenvalue weighted by Crippen LogP contribution is 2.00. The number of nitrogens with zero attached hydrogens (tertiary/aromatic N) is 1. The van der Waals surface area contributed by atoms with Crippen molar-refractivity contribution in [3.63, 3.8) is 0 Å². The molecule has 2 nitrogen and oxygen atoms in total. The zero-order valence-corrected chi connectivity index (χ0v) is 8.30. The Morgan fingerprint density at radius 1 is 1.54 bits per heavy atom. The Morgan fingerprint density at radius 3 is 2.92 bits per heavy atom. The van der Waals surface area contributed by atoms with Crippen LogP contribution in [0.1, 0.15) is 18.1 Å². The second kappa shape index (κ2) is 4.77. The van der Waals surface area contributed by atoms with Gasteiger partial charge in [0.15, 0.2) is 0 Å². The third-order valence-electron chi connectivity index (χ3n) is 1.69. The Labute approximate surface area is 79.7 Å². The van der Waals surface area contributed by atoms with Crippen molar-refractivity contribution in [1.29, 1.82) is 0 Å². The van der Waals surface area contributed by atoms with Gasteiger partial charge >= 0.3 is 0 Å². The first-order valence-electron chi connectivity index (χ1n) is 4.44. The van der Waals surface area contributed by atoms with Crippen LogP contribution in [0.3, 0.4) is 0 Å². The summed E-state index contributed by atoms with van der Waals surface area (Å²) >= 11 is 0. The molecule has 0 spiro atoms. The molecular formula is C11H16N2. The Kier molecular flexibility index (Phi) is 3.65. The normalized spacial score (nSPS) is 10.0. The Hall–Kier alpha value is -1.15. The second-order valence-corrected chi connectivity index (χ2v) is 3.43. The quantitative estimate of drug-likeness (QED) is 0.710. The Balaban J connectivity index is 2.41. The lowest BCUT2D eigenvalue weighted by Gasteiger charge is -2.04. The summed E-state index contributed by atoms with van der Waals surface area (Å²) in [5.41, 5.74) is 3.58. The molecule has 2 heteroatoms. The molecule has 0 radical (unpaired) electrons. The molecule has 1 aromatic rings. The van der Waals surface area contributed by atoms with Gasteiger partial charge in [0, 0.05) is 25.5 Å². The van der Waals surface area contributed by atoms with Crippen LogP contribution in [0.25, 0.3) is 0 Å². The molecule has 0 fully saturated rings. The molecule has 0 atom stereocenters. The average molecular weight is 176 g/mol. The summed E-state index contributed by atoms with van der Waals surface area (Å²) in [5.74, 6) is 0. The van der Waals surface area contributed by atoms with Gasteiger partial charge in [-0.2, -0.15) is 0 Å². The highest BCUT2D eigenvalue weighted by molar-refractivity contribution is 5.16. The average Bonchev–Trinajstić information content (AvgIpc) is 2.03. The summed E-state index contributed by atoms with van der Waals surface area (Å²) in [4.78, 5) is 4.12. The lowest BCUT2D eigenvalue weighted by atomic mass is 10.2. The first-order valence-corrected chi connectivity index (χ1v) is 4.44. The zero-order chi connectivity index (χ0) is 9.68. The van der Waals surface area contributed by atoms with Crippen molar-refractivity contribution in [3.05, 3.63) is 41.7 Å². The molecule has 0 aliphatic carbocycles. The molecule has 0 saturated heterocycles. The third kappa shape index (κ3) is 3.85. The van der Waals surface area contributed by atoms with E-state index in [4.69, 9.17) is 0 Å². The first kappa shape index (κ1) is 9.93. The van der Waals surface area contributed by atoms with Gasteiger partial charge in [0.25, 0.3) is 0 Å². The molecule has 13 heavy (non-hydrogen) atoms. The van der Waals surface area contributed by atoms with Crippen LogP contribution in [0.15, 0.2) is 30.6 Å². The Bertz CT molecular complexity index is 292. The summed E-state index contributed by atoms with van der Waals surface area (Å²) in [6.07, 6.45) is 3.75. The minimum Gasteiger partial charge on any atom is -0.309 e. The van der Waals surface area contributed by atoms with Crippen molar-refractivity contribution < 1.29 is 0 Å². The van der Waals surface area contributed by atoms with Gasteiger partial charge in [-0.05, 0) is 25.0 Å². The number of hydrogen-bond acceptors (Lipinski definition) is 2. The summed E-state index contributed by atoms with van der Waals surface area (Å²) in [7, 11) is 0. The van der Waals surface area contributed by atoms with Gasteiger partial charge in [-0.3, -0.25) is 4.98 Å². The van der Waals surface area contributed by atoms with Crippen LogP contribution in [0.5, 0.6) is 0 Å². The number of hydrogen-bond donors (Lipinski definition) is 1. The van der Waals surface area contributed by atoms with Crippen molar-refractivity contribution in [2.24, 2.45) is 0 Å².